The van der Waals surface area contributed by atoms with Gasteiger partial charge in [-0.2, -0.15) is 0 Å². The summed E-state index contributed by atoms with van der Waals surface area (Å²) < 4.78 is 1.15. The van der Waals surface area contributed by atoms with E-state index >= 15 is 0 Å². The Hall–Kier alpha value is 0.270. The number of aliphatic imine (C=N–C) groups is 1. The predicted molar refractivity (Wildman–Crippen MR) is 54.1 cm³/mol. The zero-order chi connectivity index (χ0) is 7.84. The van der Waals surface area contributed by atoms with Gasteiger partial charge in [-0.25, -0.2) is 4.99 Å². The lowest BCUT2D eigenvalue weighted by Gasteiger charge is -2.10. The molecule has 0 N–H and O–H groups in total. The van der Waals surface area contributed by atoms with Gasteiger partial charge in [0.25, 0.3) is 0 Å². The highest BCUT2D eigenvalue weighted by Crippen LogP contribution is 2.40. The first kappa shape index (κ1) is 7.90. The number of hydrogen-bond acceptors (Lipinski definition) is 2. The standard InChI is InChI=1S/C7H5BrClNS/c8-5-3-4-1-2-6(9)10-7(4)11-5/h2-4H,1H2. The zero-order valence-corrected chi connectivity index (χ0v) is 8.71. The Labute approximate surface area is 82.7 Å². The topological polar surface area (TPSA) is 12.4 Å². The van der Waals surface area contributed by atoms with Crippen LogP contribution < -0.4 is 0 Å². The van der Waals surface area contributed by atoms with Gasteiger partial charge in [0.1, 0.15) is 5.16 Å². The van der Waals surface area contributed by atoms with Crippen LogP contribution in [0, 0.1) is 5.92 Å². The minimum atomic E-state index is 0.469. The van der Waals surface area contributed by atoms with Crippen LogP contribution in [0.5, 0.6) is 0 Å². The Morgan fingerprint density at radius 1 is 1.73 bits per heavy atom. The van der Waals surface area contributed by atoms with Crippen molar-refractivity contribution in [2.45, 2.75) is 6.42 Å². The highest BCUT2D eigenvalue weighted by atomic mass is 79.9. The summed E-state index contributed by atoms with van der Waals surface area (Å²) >= 11 is 10.8. The van der Waals surface area contributed by atoms with Crippen molar-refractivity contribution in [3.63, 3.8) is 0 Å². The molecular weight excluding hydrogens is 246 g/mol. The SMILES string of the molecule is ClC1=CCC2C=C(Br)SC2=N1. The number of rotatable bonds is 0. The lowest BCUT2D eigenvalue weighted by molar-refractivity contribution is 0.878. The van der Waals surface area contributed by atoms with Crippen LogP contribution in [0.3, 0.4) is 0 Å². The molecule has 2 heterocycles. The summed E-state index contributed by atoms with van der Waals surface area (Å²) in [6.45, 7) is 0. The normalized spacial score (nSPS) is 28.9. The molecule has 2 rings (SSSR count). The molecule has 0 bridgehead atoms. The Morgan fingerprint density at radius 3 is 3.36 bits per heavy atom. The zero-order valence-electron chi connectivity index (χ0n) is 5.55. The molecule has 2 aliphatic rings. The van der Waals surface area contributed by atoms with Gasteiger partial charge in [0.15, 0.2) is 0 Å². The largest absolute Gasteiger partial charge is 0.234 e. The second-order valence-corrected chi connectivity index (χ2v) is 5.22. The maximum absolute atomic E-state index is 5.75. The lowest BCUT2D eigenvalue weighted by Crippen LogP contribution is -2.06. The van der Waals surface area contributed by atoms with Crippen molar-refractivity contribution in [3.8, 4) is 0 Å². The van der Waals surface area contributed by atoms with Gasteiger partial charge < -0.3 is 0 Å². The third-order valence-electron chi connectivity index (χ3n) is 1.61. The van der Waals surface area contributed by atoms with Crippen molar-refractivity contribution in [1.82, 2.24) is 0 Å². The fraction of sp³-hybridized carbons (Fsp3) is 0.286. The molecule has 0 aliphatic carbocycles. The summed E-state index contributed by atoms with van der Waals surface area (Å²) in [6, 6.07) is 0. The Balaban J connectivity index is 2.27. The van der Waals surface area contributed by atoms with Gasteiger partial charge in [-0.3, -0.25) is 0 Å². The molecule has 0 fully saturated rings. The summed E-state index contributed by atoms with van der Waals surface area (Å²) in [5.74, 6) is 0.469. The van der Waals surface area contributed by atoms with Gasteiger partial charge in [-0.1, -0.05) is 29.4 Å². The summed E-state index contributed by atoms with van der Waals surface area (Å²) in [7, 11) is 0. The maximum Gasteiger partial charge on any atom is 0.126 e. The molecule has 0 amide bonds. The van der Waals surface area contributed by atoms with E-state index in [1.54, 1.807) is 11.8 Å². The van der Waals surface area contributed by atoms with Crippen LogP contribution in [0.15, 0.2) is 26.1 Å². The number of halogens is 2. The summed E-state index contributed by atoms with van der Waals surface area (Å²) in [4.78, 5) is 4.22. The number of nitrogens with zero attached hydrogens (tertiary/aromatic N) is 1. The molecule has 4 heteroatoms. The number of fused-ring (bicyclic) bond motifs is 1. The van der Waals surface area contributed by atoms with Gasteiger partial charge in [0.2, 0.25) is 0 Å². The van der Waals surface area contributed by atoms with Crippen LogP contribution in [-0.2, 0) is 0 Å². The van der Waals surface area contributed by atoms with E-state index in [4.69, 9.17) is 11.6 Å². The van der Waals surface area contributed by atoms with Crippen LogP contribution in [0.1, 0.15) is 6.42 Å². The van der Waals surface area contributed by atoms with Crippen LogP contribution in [-0.4, -0.2) is 5.04 Å². The first-order chi connectivity index (χ1) is 5.25. The fourth-order valence-electron chi connectivity index (χ4n) is 1.09. The molecule has 0 radical (unpaired) electrons. The molecule has 0 aromatic carbocycles. The minimum Gasteiger partial charge on any atom is -0.234 e. The molecular formula is C7H5BrClNS. The number of allylic oxidation sites excluding steroid dienone is 2. The third-order valence-corrected chi connectivity index (χ3v) is 3.53. The van der Waals surface area contributed by atoms with Crippen molar-refractivity contribution >= 4 is 44.3 Å². The van der Waals surface area contributed by atoms with Crippen molar-refractivity contribution in [1.29, 1.82) is 0 Å². The van der Waals surface area contributed by atoms with Crippen molar-refractivity contribution in [2.24, 2.45) is 10.9 Å². The average Bonchev–Trinajstić information content (AvgIpc) is 2.27. The molecule has 0 aromatic heterocycles. The third kappa shape index (κ3) is 1.55. The van der Waals surface area contributed by atoms with E-state index in [1.165, 1.54) is 0 Å². The molecule has 58 valence electrons. The van der Waals surface area contributed by atoms with E-state index in [2.05, 4.69) is 27.0 Å². The predicted octanol–water partition coefficient (Wildman–Crippen LogP) is 3.47. The van der Waals surface area contributed by atoms with E-state index in [-0.39, 0.29) is 0 Å². The second kappa shape index (κ2) is 2.96. The molecule has 1 nitrogen and oxygen atoms in total. The molecule has 0 saturated carbocycles. The monoisotopic (exact) mass is 249 g/mol. The van der Waals surface area contributed by atoms with Crippen LogP contribution >= 0.6 is 39.3 Å². The first-order valence-electron chi connectivity index (χ1n) is 3.25. The van der Waals surface area contributed by atoms with E-state index in [9.17, 15) is 0 Å². The van der Waals surface area contributed by atoms with Gasteiger partial charge in [0.05, 0.1) is 8.86 Å². The van der Waals surface area contributed by atoms with E-state index in [0.29, 0.717) is 11.1 Å². The second-order valence-electron chi connectivity index (χ2n) is 2.39. The summed E-state index contributed by atoms with van der Waals surface area (Å²) in [5, 5.41) is 1.74. The Bertz CT molecular complexity index is 282. The molecule has 0 spiro atoms. The van der Waals surface area contributed by atoms with E-state index in [0.717, 1.165) is 15.3 Å². The van der Waals surface area contributed by atoms with Gasteiger partial charge in [-0.05, 0) is 28.4 Å². The molecule has 0 aromatic rings. The van der Waals surface area contributed by atoms with Gasteiger partial charge >= 0.3 is 0 Å². The highest BCUT2D eigenvalue weighted by molar-refractivity contribution is 9.14. The Morgan fingerprint density at radius 2 is 2.55 bits per heavy atom. The fourth-order valence-corrected chi connectivity index (χ4v) is 3.03. The maximum atomic E-state index is 5.75. The van der Waals surface area contributed by atoms with Crippen LogP contribution in [0.2, 0.25) is 0 Å². The number of hydrogen-bond donors (Lipinski definition) is 0. The first-order valence-corrected chi connectivity index (χ1v) is 5.24. The molecule has 1 atom stereocenters. The van der Waals surface area contributed by atoms with Crippen molar-refractivity contribution in [2.75, 3.05) is 0 Å². The molecule has 0 saturated heterocycles. The van der Waals surface area contributed by atoms with Crippen molar-refractivity contribution < 1.29 is 0 Å². The molecule has 1 unspecified atom stereocenters. The van der Waals surface area contributed by atoms with Crippen LogP contribution in [0.25, 0.3) is 0 Å². The molecule has 2 aliphatic heterocycles. The van der Waals surface area contributed by atoms with E-state index < -0.39 is 0 Å². The van der Waals surface area contributed by atoms with Crippen molar-refractivity contribution in [3.05, 3.63) is 21.1 Å². The Kier molecular flexibility index (Phi) is 2.12. The van der Waals surface area contributed by atoms with Gasteiger partial charge in [-0.15, -0.1) is 0 Å². The average molecular weight is 251 g/mol. The summed E-state index contributed by atoms with van der Waals surface area (Å²) in [6.07, 6.45) is 5.11. The minimum absolute atomic E-state index is 0.469. The van der Waals surface area contributed by atoms with Gasteiger partial charge in [0, 0.05) is 5.92 Å². The highest BCUT2D eigenvalue weighted by Gasteiger charge is 2.24. The lowest BCUT2D eigenvalue weighted by atomic mass is 10.1. The smallest absolute Gasteiger partial charge is 0.126 e. The quantitative estimate of drug-likeness (QED) is 0.600. The molecule has 11 heavy (non-hydrogen) atoms. The number of thioether (sulfide) groups is 1. The van der Waals surface area contributed by atoms with E-state index in [1.807, 2.05) is 6.08 Å². The summed E-state index contributed by atoms with van der Waals surface area (Å²) in [5.41, 5.74) is 0. The van der Waals surface area contributed by atoms with Crippen LogP contribution in [0.4, 0.5) is 0 Å².